The van der Waals surface area contributed by atoms with Crippen LogP contribution >= 0.6 is 23.4 Å². The van der Waals surface area contributed by atoms with Gasteiger partial charge in [-0.05, 0) is 41.8 Å². The number of carbonyl (C=O) groups excluding carboxylic acids is 1. The molecule has 2 aromatic rings. The summed E-state index contributed by atoms with van der Waals surface area (Å²) in [4.78, 5) is 14.5. The molecule has 0 saturated carbocycles. The molecule has 1 amide bonds. The maximum absolute atomic E-state index is 13.2. The van der Waals surface area contributed by atoms with E-state index >= 15 is 0 Å². The van der Waals surface area contributed by atoms with E-state index in [0.717, 1.165) is 30.4 Å². The van der Waals surface area contributed by atoms with Gasteiger partial charge in [-0.25, -0.2) is 4.39 Å². The first-order valence-corrected chi connectivity index (χ1v) is 10.4. The summed E-state index contributed by atoms with van der Waals surface area (Å²) in [6, 6.07) is 13.4. The van der Waals surface area contributed by atoms with Gasteiger partial charge in [0.1, 0.15) is 5.82 Å². The van der Waals surface area contributed by atoms with E-state index in [1.165, 1.54) is 23.9 Å². The molecular formula is C21H21ClFN3OS. The molecule has 0 N–H and O–H groups in total. The van der Waals surface area contributed by atoms with Gasteiger partial charge in [0.25, 0.3) is 0 Å². The van der Waals surface area contributed by atoms with Gasteiger partial charge in [-0.2, -0.15) is 5.10 Å². The Bertz CT molecular complexity index is 868. The number of benzene rings is 2. The van der Waals surface area contributed by atoms with Crippen LogP contribution in [0.5, 0.6) is 0 Å². The van der Waals surface area contributed by atoms with Crippen LogP contribution in [-0.2, 0) is 11.3 Å². The molecule has 1 aliphatic rings. The highest BCUT2D eigenvalue weighted by atomic mass is 35.5. The van der Waals surface area contributed by atoms with E-state index in [9.17, 15) is 9.18 Å². The van der Waals surface area contributed by atoms with Gasteiger partial charge >= 0.3 is 0 Å². The zero-order valence-corrected chi connectivity index (χ0v) is 17.1. The minimum atomic E-state index is -0.298. The van der Waals surface area contributed by atoms with Gasteiger partial charge in [-0.3, -0.25) is 9.69 Å². The summed E-state index contributed by atoms with van der Waals surface area (Å²) in [5.74, 6) is -0.267. The predicted octanol–water partition coefficient (Wildman–Crippen LogP) is 5.50. The molecule has 0 radical (unpaired) electrons. The van der Waals surface area contributed by atoms with Crippen LogP contribution in [0.2, 0.25) is 5.02 Å². The van der Waals surface area contributed by atoms with E-state index < -0.39 is 0 Å². The molecule has 0 spiro atoms. The Morgan fingerprint density at radius 2 is 1.89 bits per heavy atom. The Balaban J connectivity index is 1.78. The molecule has 2 aromatic carbocycles. The van der Waals surface area contributed by atoms with E-state index in [1.807, 2.05) is 12.1 Å². The second-order valence-electron chi connectivity index (χ2n) is 6.48. The SMILES string of the molecule is CCCCC1S/C(=N/N=C/c2ccc(Cl)cc2)N(Cc2ccc(F)cc2)C1=O. The van der Waals surface area contributed by atoms with Gasteiger partial charge in [0.05, 0.1) is 18.0 Å². The predicted molar refractivity (Wildman–Crippen MR) is 114 cm³/mol. The molecule has 0 aromatic heterocycles. The highest BCUT2D eigenvalue weighted by molar-refractivity contribution is 8.15. The number of unbranched alkanes of at least 4 members (excludes halogenated alkanes) is 1. The number of amides is 1. The molecule has 1 saturated heterocycles. The van der Waals surface area contributed by atoms with Crippen LogP contribution in [0.1, 0.15) is 37.3 Å². The molecule has 1 fully saturated rings. The number of thioether (sulfide) groups is 1. The van der Waals surface area contributed by atoms with Crippen LogP contribution in [0, 0.1) is 5.82 Å². The van der Waals surface area contributed by atoms with E-state index in [1.54, 1.807) is 35.4 Å². The van der Waals surface area contributed by atoms with Crippen molar-refractivity contribution in [1.82, 2.24) is 4.90 Å². The lowest BCUT2D eigenvalue weighted by Gasteiger charge is -2.15. The largest absolute Gasteiger partial charge is 0.284 e. The van der Waals surface area contributed by atoms with Crippen molar-refractivity contribution in [2.75, 3.05) is 0 Å². The first-order chi connectivity index (χ1) is 13.6. The number of hydrogen-bond acceptors (Lipinski definition) is 4. The summed E-state index contributed by atoms with van der Waals surface area (Å²) in [5.41, 5.74) is 1.72. The average Bonchev–Trinajstić information content (AvgIpc) is 2.98. The Hall–Kier alpha value is -2.18. The van der Waals surface area contributed by atoms with E-state index in [2.05, 4.69) is 17.1 Å². The fourth-order valence-electron chi connectivity index (χ4n) is 2.77. The zero-order chi connectivity index (χ0) is 19.9. The summed E-state index contributed by atoms with van der Waals surface area (Å²) in [7, 11) is 0. The van der Waals surface area contributed by atoms with E-state index in [4.69, 9.17) is 11.6 Å². The van der Waals surface area contributed by atoms with Crippen LogP contribution in [0.4, 0.5) is 4.39 Å². The zero-order valence-electron chi connectivity index (χ0n) is 15.5. The van der Waals surface area contributed by atoms with Gasteiger partial charge in [0.15, 0.2) is 5.17 Å². The van der Waals surface area contributed by atoms with Gasteiger partial charge < -0.3 is 0 Å². The quantitative estimate of drug-likeness (QED) is 0.440. The molecule has 3 rings (SSSR count). The van der Waals surface area contributed by atoms with E-state index in [-0.39, 0.29) is 17.0 Å². The van der Waals surface area contributed by atoms with Gasteiger partial charge in [-0.1, -0.05) is 67.4 Å². The first kappa shape index (κ1) is 20.6. The molecular weight excluding hydrogens is 397 g/mol. The van der Waals surface area contributed by atoms with Gasteiger partial charge in [0.2, 0.25) is 5.91 Å². The van der Waals surface area contributed by atoms with Crippen LogP contribution in [-0.4, -0.2) is 27.4 Å². The third-order valence-corrected chi connectivity index (χ3v) is 5.80. The molecule has 0 aliphatic carbocycles. The third-order valence-electron chi connectivity index (χ3n) is 4.31. The van der Waals surface area contributed by atoms with Crippen molar-refractivity contribution in [3.05, 3.63) is 70.5 Å². The van der Waals surface area contributed by atoms with Crippen molar-refractivity contribution in [2.45, 2.75) is 38.0 Å². The van der Waals surface area contributed by atoms with Crippen molar-refractivity contribution < 1.29 is 9.18 Å². The number of rotatable bonds is 7. The smallest absolute Gasteiger partial charge is 0.242 e. The minimum absolute atomic E-state index is 0.0308. The fraction of sp³-hybridized carbons (Fsp3) is 0.286. The van der Waals surface area contributed by atoms with Crippen LogP contribution in [0.25, 0.3) is 0 Å². The van der Waals surface area contributed by atoms with Crippen molar-refractivity contribution >= 4 is 40.7 Å². The Morgan fingerprint density at radius 1 is 1.18 bits per heavy atom. The van der Waals surface area contributed by atoms with Crippen LogP contribution in [0.15, 0.2) is 58.7 Å². The molecule has 28 heavy (non-hydrogen) atoms. The highest BCUT2D eigenvalue weighted by Gasteiger charge is 2.37. The summed E-state index contributed by atoms with van der Waals surface area (Å²) in [6.45, 7) is 2.45. The molecule has 4 nitrogen and oxygen atoms in total. The molecule has 1 aliphatic heterocycles. The molecule has 1 unspecified atom stereocenters. The van der Waals surface area contributed by atoms with Crippen molar-refractivity contribution in [3.8, 4) is 0 Å². The highest BCUT2D eigenvalue weighted by Crippen LogP contribution is 2.32. The second kappa shape index (κ2) is 9.85. The lowest BCUT2D eigenvalue weighted by atomic mass is 10.1. The minimum Gasteiger partial charge on any atom is -0.284 e. The molecule has 0 bridgehead atoms. The fourth-order valence-corrected chi connectivity index (χ4v) is 4.04. The van der Waals surface area contributed by atoms with Crippen molar-refractivity contribution in [1.29, 1.82) is 0 Å². The van der Waals surface area contributed by atoms with Gasteiger partial charge in [-0.15, -0.1) is 5.10 Å². The standard InChI is InChI=1S/C21H21ClFN3OS/c1-2-3-4-19-20(27)26(14-16-7-11-18(23)12-8-16)21(28-19)25-24-13-15-5-9-17(22)10-6-15/h5-13,19H,2-4,14H2,1H3/b24-13+,25-21+. The number of carbonyl (C=O) groups is 1. The maximum atomic E-state index is 13.2. The Labute approximate surface area is 173 Å². The summed E-state index contributed by atoms with van der Waals surface area (Å²) in [5, 5.41) is 9.52. The molecule has 1 heterocycles. The van der Waals surface area contributed by atoms with Crippen molar-refractivity contribution in [2.24, 2.45) is 10.2 Å². The number of nitrogens with zero attached hydrogens (tertiary/aromatic N) is 3. The topological polar surface area (TPSA) is 45.0 Å². The third kappa shape index (κ3) is 5.42. The van der Waals surface area contributed by atoms with Crippen molar-refractivity contribution in [3.63, 3.8) is 0 Å². The molecule has 146 valence electrons. The lowest BCUT2D eigenvalue weighted by Crippen LogP contribution is -2.31. The summed E-state index contributed by atoms with van der Waals surface area (Å²) < 4.78 is 13.2. The molecule has 7 heteroatoms. The summed E-state index contributed by atoms with van der Waals surface area (Å²) in [6.07, 6.45) is 4.45. The number of amidine groups is 1. The monoisotopic (exact) mass is 417 g/mol. The molecule has 1 atom stereocenters. The van der Waals surface area contributed by atoms with E-state index in [0.29, 0.717) is 16.7 Å². The number of halogens is 2. The number of hydrogen-bond donors (Lipinski definition) is 0. The van der Waals surface area contributed by atoms with Crippen LogP contribution in [0.3, 0.4) is 0 Å². The maximum Gasteiger partial charge on any atom is 0.242 e. The Morgan fingerprint density at radius 3 is 2.57 bits per heavy atom. The summed E-state index contributed by atoms with van der Waals surface area (Å²) >= 11 is 7.33. The second-order valence-corrected chi connectivity index (χ2v) is 8.08. The average molecular weight is 418 g/mol. The first-order valence-electron chi connectivity index (χ1n) is 9.16. The lowest BCUT2D eigenvalue weighted by molar-refractivity contribution is -0.126. The normalized spacial score (nSPS) is 18.5. The van der Waals surface area contributed by atoms with Crippen LogP contribution < -0.4 is 0 Å². The van der Waals surface area contributed by atoms with Gasteiger partial charge in [0, 0.05) is 5.02 Å². The Kier molecular flexibility index (Phi) is 7.23.